The van der Waals surface area contributed by atoms with Crippen molar-refractivity contribution in [1.82, 2.24) is 4.90 Å². The summed E-state index contributed by atoms with van der Waals surface area (Å²) in [5.41, 5.74) is 4.16. The van der Waals surface area contributed by atoms with E-state index in [0.717, 1.165) is 30.3 Å². The monoisotopic (exact) mass is 451 g/mol. The Morgan fingerprint density at radius 2 is 1.48 bits per heavy atom. The zero-order valence-electron chi connectivity index (χ0n) is 21.3. The van der Waals surface area contributed by atoms with Gasteiger partial charge in [-0.15, -0.1) is 0 Å². The molecular weight excluding hydrogens is 406 g/mol. The molecule has 3 heteroatoms. The zero-order valence-corrected chi connectivity index (χ0v) is 21.3. The average molecular weight is 452 g/mol. The van der Waals surface area contributed by atoms with Crippen LogP contribution in [-0.4, -0.2) is 38.8 Å². The van der Waals surface area contributed by atoms with Gasteiger partial charge in [0, 0.05) is 13.1 Å². The molecule has 0 radical (unpaired) electrons. The Bertz CT molecular complexity index is 815. The molecular formula is C30H45NO2. The lowest BCUT2D eigenvalue weighted by molar-refractivity contribution is 0.259. The molecule has 0 saturated heterocycles. The summed E-state index contributed by atoms with van der Waals surface area (Å²) < 4.78 is 10.9. The van der Waals surface area contributed by atoms with E-state index < -0.39 is 0 Å². The standard InChI is InChI=1S/C30H45NO2/c1-4-5-6-7-8-9-12-20-31(24-25-15-16-25)21-19-27-13-10-11-14-28(27)22-26-17-18-29(32-2)30(23-26)33-3/h10-11,13-14,17-18,23,25H,4-9,12,15-16,19-22,24H2,1-3H3. The second-order valence-corrected chi connectivity index (χ2v) is 9.75. The highest BCUT2D eigenvalue weighted by molar-refractivity contribution is 5.45. The van der Waals surface area contributed by atoms with Crippen molar-refractivity contribution in [2.24, 2.45) is 5.92 Å². The van der Waals surface area contributed by atoms with Gasteiger partial charge in [0.25, 0.3) is 0 Å². The molecule has 182 valence electrons. The molecule has 1 aliphatic carbocycles. The van der Waals surface area contributed by atoms with Crippen LogP contribution >= 0.6 is 0 Å². The second kappa shape index (κ2) is 14.3. The maximum absolute atomic E-state index is 5.51. The van der Waals surface area contributed by atoms with Crippen molar-refractivity contribution in [3.8, 4) is 11.5 Å². The topological polar surface area (TPSA) is 21.7 Å². The smallest absolute Gasteiger partial charge is 0.160 e. The summed E-state index contributed by atoms with van der Waals surface area (Å²) >= 11 is 0. The van der Waals surface area contributed by atoms with Crippen molar-refractivity contribution < 1.29 is 9.47 Å². The normalized spacial score (nSPS) is 13.5. The molecule has 3 nitrogen and oxygen atoms in total. The van der Waals surface area contributed by atoms with Crippen LogP contribution < -0.4 is 9.47 Å². The largest absolute Gasteiger partial charge is 0.493 e. The summed E-state index contributed by atoms with van der Waals surface area (Å²) in [7, 11) is 3.39. The lowest BCUT2D eigenvalue weighted by Crippen LogP contribution is -2.29. The third kappa shape index (κ3) is 9.04. The van der Waals surface area contributed by atoms with Gasteiger partial charge in [-0.2, -0.15) is 0 Å². The lowest BCUT2D eigenvalue weighted by Gasteiger charge is -2.23. The van der Waals surface area contributed by atoms with Gasteiger partial charge < -0.3 is 14.4 Å². The highest BCUT2D eigenvalue weighted by Gasteiger charge is 2.24. The van der Waals surface area contributed by atoms with Crippen molar-refractivity contribution >= 4 is 0 Å². The first kappa shape index (κ1) is 25.6. The molecule has 1 saturated carbocycles. The number of methoxy groups -OCH3 is 2. The first-order valence-electron chi connectivity index (χ1n) is 13.2. The molecule has 0 heterocycles. The van der Waals surface area contributed by atoms with Crippen LogP contribution in [0.3, 0.4) is 0 Å². The van der Waals surface area contributed by atoms with Gasteiger partial charge in [-0.1, -0.05) is 75.8 Å². The molecule has 0 amide bonds. The molecule has 0 spiro atoms. The van der Waals surface area contributed by atoms with Crippen LogP contribution in [0.2, 0.25) is 0 Å². The lowest BCUT2D eigenvalue weighted by atomic mass is 9.97. The third-order valence-corrected chi connectivity index (χ3v) is 6.95. The van der Waals surface area contributed by atoms with Crippen LogP contribution in [0.5, 0.6) is 11.5 Å². The van der Waals surface area contributed by atoms with Gasteiger partial charge in [-0.05, 0) is 73.4 Å². The van der Waals surface area contributed by atoms with E-state index in [4.69, 9.17) is 9.47 Å². The summed E-state index contributed by atoms with van der Waals surface area (Å²) in [6.45, 7) is 6.03. The zero-order chi connectivity index (χ0) is 23.3. The minimum atomic E-state index is 0.788. The van der Waals surface area contributed by atoms with Gasteiger partial charge in [-0.3, -0.25) is 0 Å². The third-order valence-electron chi connectivity index (χ3n) is 6.95. The predicted octanol–water partition coefficient (Wildman–Crippen LogP) is 7.30. The van der Waals surface area contributed by atoms with Crippen molar-refractivity contribution in [1.29, 1.82) is 0 Å². The molecule has 33 heavy (non-hydrogen) atoms. The highest BCUT2D eigenvalue weighted by Crippen LogP contribution is 2.31. The first-order chi connectivity index (χ1) is 16.2. The van der Waals surface area contributed by atoms with E-state index in [9.17, 15) is 0 Å². The fourth-order valence-electron chi connectivity index (χ4n) is 4.72. The summed E-state index contributed by atoms with van der Waals surface area (Å²) in [5, 5.41) is 0. The van der Waals surface area contributed by atoms with E-state index in [1.54, 1.807) is 14.2 Å². The molecule has 0 N–H and O–H groups in total. The van der Waals surface area contributed by atoms with Gasteiger partial charge in [-0.25, -0.2) is 0 Å². The number of unbranched alkanes of at least 4 members (excludes halogenated alkanes) is 6. The molecule has 2 aromatic carbocycles. The van der Waals surface area contributed by atoms with Crippen LogP contribution in [-0.2, 0) is 12.8 Å². The van der Waals surface area contributed by atoms with Gasteiger partial charge in [0.15, 0.2) is 11.5 Å². The summed E-state index contributed by atoms with van der Waals surface area (Å²) in [6, 6.07) is 15.2. The minimum Gasteiger partial charge on any atom is -0.493 e. The predicted molar refractivity (Wildman–Crippen MR) is 140 cm³/mol. The van der Waals surface area contributed by atoms with Crippen molar-refractivity contribution in [3.05, 3.63) is 59.2 Å². The maximum Gasteiger partial charge on any atom is 0.160 e. The molecule has 0 unspecified atom stereocenters. The molecule has 0 atom stereocenters. The van der Waals surface area contributed by atoms with Crippen LogP contribution in [0, 0.1) is 5.92 Å². The number of benzene rings is 2. The summed E-state index contributed by atoms with van der Waals surface area (Å²) in [4.78, 5) is 2.75. The number of hydrogen-bond acceptors (Lipinski definition) is 3. The summed E-state index contributed by atoms with van der Waals surface area (Å²) in [6.07, 6.45) is 14.6. The molecule has 0 aromatic heterocycles. The van der Waals surface area contributed by atoms with Crippen LogP contribution in [0.15, 0.2) is 42.5 Å². The van der Waals surface area contributed by atoms with E-state index in [0.29, 0.717) is 0 Å². The molecule has 1 fully saturated rings. The Kier molecular flexibility index (Phi) is 11.1. The van der Waals surface area contributed by atoms with Crippen LogP contribution in [0.1, 0.15) is 81.4 Å². The quantitative estimate of drug-likeness (QED) is 0.236. The van der Waals surface area contributed by atoms with Gasteiger partial charge >= 0.3 is 0 Å². The Hall–Kier alpha value is -2.00. The molecule has 3 rings (SSSR count). The van der Waals surface area contributed by atoms with E-state index in [1.807, 2.05) is 6.07 Å². The molecule has 0 aliphatic heterocycles. The maximum atomic E-state index is 5.51. The second-order valence-electron chi connectivity index (χ2n) is 9.75. The Morgan fingerprint density at radius 1 is 0.788 bits per heavy atom. The van der Waals surface area contributed by atoms with Gasteiger partial charge in [0.2, 0.25) is 0 Å². The molecule has 0 bridgehead atoms. The first-order valence-corrected chi connectivity index (χ1v) is 13.2. The minimum absolute atomic E-state index is 0.788. The van der Waals surface area contributed by atoms with E-state index in [1.165, 1.54) is 94.1 Å². The van der Waals surface area contributed by atoms with E-state index in [-0.39, 0.29) is 0 Å². The molecule has 1 aliphatic rings. The van der Waals surface area contributed by atoms with E-state index in [2.05, 4.69) is 48.2 Å². The Balaban J connectivity index is 1.53. The Labute approximate surface area is 202 Å². The van der Waals surface area contributed by atoms with E-state index >= 15 is 0 Å². The van der Waals surface area contributed by atoms with Crippen LogP contribution in [0.25, 0.3) is 0 Å². The number of ether oxygens (including phenoxy) is 2. The summed E-state index contributed by atoms with van der Waals surface area (Å²) in [5.74, 6) is 2.55. The number of hydrogen-bond donors (Lipinski definition) is 0. The SMILES string of the molecule is CCCCCCCCCN(CCc1ccccc1Cc1ccc(OC)c(OC)c1)CC1CC1. The Morgan fingerprint density at radius 3 is 2.18 bits per heavy atom. The number of nitrogens with zero attached hydrogens (tertiary/aromatic N) is 1. The highest BCUT2D eigenvalue weighted by atomic mass is 16.5. The van der Waals surface area contributed by atoms with Crippen molar-refractivity contribution in [2.75, 3.05) is 33.9 Å². The number of rotatable bonds is 17. The van der Waals surface area contributed by atoms with Crippen LogP contribution in [0.4, 0.5) is 0 Å². The van der Waals surface area contributed by atoms with Crippen molar-refractivity contribution in [3.63, 3.8) is 0 Å². The van der Waals surface area contributed by atoms with Gasteiger partial charge in [0.1, 0.15) is 0 Å². The van der Waals surface area contributed by atoms with Gasteiger partial charge in [0.05, 0.1) is 14.2 Å². The van der Waals surface area contributed by atoms with Crippen molar-refractivity contribution in [2.45, 2.75) is 77.6 Å². The fourth-order valence-corrected chi connectivity index (χ4v) is 4.72. The average Bonchev–Trinajstić information content (AvgIpc) is 3.66. The molecule has 2 aromatic rings. The fraction of sp³-hybridized carbons (Fsp3) is 0.600.